The molecule has 0 saturated carbocycles. The van der Waals surface area contributed by atoms with Gasteiger partial charge in [0.15, 0.2) is 0 Å². The topological polar surface area (TPSA) is 23.5 Å². The smallest absolute Gasteiger partial charge is 0.0284 e. The Morgan fingerprint density at radius 1 is 1.33 bits per heavy atom. The molecule has 9 heavy (non-hydrogen) atoms. The van der Waals surface area contributed by atoms with E-state index in [0.717, 1.165) is 13.1 Å². The molecule has 0 spiro atoms. The van der Waals surface area contributed by atoms with Gasteiger partial charge in [-0.2, -0.15) is 5.06 Å². The van der Waals surface area contributed by atoms with Crippen molar-refractivity contribution in [3.05, 3.63) is 0 Å². The van der Waals surface area contributed by atoms with E-state index in [2.05, 4.69) is 20.8 Å². The van der Waals surface area contributed by atoms with Gasteiger partial charge < -0.3 is 5.21 Å². The van der Waals surface area contributed by atoms with Gasteiger partial charge in [0.2, 0.25) is 0 Å². The number of nitrogens with zero attached hydrogens (tertiary/aromatic N) is 1. The third-order valence-electron chi connectivity index (χ3n) is 2.09. The van der Waals surface area contributed by atoms with Gasteiger partial charge in [0.25, 0.3) is 0 Å². The van der Waals surface area contributed by atoms with Crippen molar-refractivity contribution in [3.8, 4) is 0 Å². The molecule has 1 aliphatic heterocycles. The van der Waals surface area contributed by atoms with Crippen LogP contribution < -0.4 is 0 Å². The first kappa shape index (κ1) is 7.03. The first-order valence-electron chi connectivity index (χ1n) is 3.44. The largest absolute Gasteiger partial charge is 0.314 e. The summed E-state index contributed by atoms with van der Waals surface area (Å²) in [5, 5.41) is 10.2. The molecule has 0 aliphatic carbocycles. The Morgan fingerprint density at radius 2 is 1.78 bits per heavy atom. The zero-order chi connectivity index (χ0) is 7.07. The van der Waals surface area contributed by atoms with Crippen molar-refractivity contribution in [2.24, 2.45) is 11.3 Å². The number of hydroxylamine groups is 2. The molecule has 0 aromatic heterocycles. The second-order valence-electron chi connectivity index (χ2n) is 3.93. The highest BCUT2D eigenvalue weighted by molar-refractivity contribution is 4.83. The van der Waals surface area contributed by atoms with Crippen LogP contribution in [0.15, 0.2) is 0 Å². The van der Waals surface area contributed by atoms with Crippen molar-refractivity contribution < 1.29 is 5.21 Å². The summed E-state index contributed by atoms with van der Waals surface area (Å²) in [5.41, 5.74) is 0.374. The first-order valence-corrected chi connectivity index (χ1v) is 3.44. The van der Waals surface area contributed by atoms with Crippen molar-refractivity contribution in [3.63, 3.8) is 0 Å². The SMILES string of the molecule is CC(C)(C)C1CN(O)C1. The van der Waals surface area contributed by atoms with Gasteiger partial charge in [-0.1, -0.05) is 20.8 Å². The molecule has 2 heteroatoms. The number of rotatable bonds is 0. The standard InChI is InChI=1S/C7H15NO/c1-7(2,3)6-4-8(9)5-6/h6,9H,4-5H2,1-3H3. The molecule has 0 atom stereocenters. The molecule has 0 radical (unpaired) electrons. The van der Waals surface area contributed by atoms with Gasteiger partial charge in [-0.15, -0.1) is 0 Å². The van der Waals surface area contributed by atoms with Gasteiger partial charge in [0.05, 0.1) is 0 Å². The van der Waals surface area contributed by atoms with Crippen LogP contribution in [0, 0.1) is 11.3 Å². The molecule has 54 valence electrons. The third-order valence-corrected chi connectivity index (χ3v) is 2.09. The minimum Gasteiger partial charge on any atom is -0.314 e. The van der Waals surface area contributed by atoms with Crippen molar-refractivity contribution in [2.75, 3.05) is 13.1 Å². The fourth-order valence-electron chi connectivity index (χ4n) is 1.00. The first-order chi connectivity index (χ1) is 4.00. The Hall–Kier alpha value is -0.0800. The zero-order valence-electron chi connectivity index (χ0n) is 6.39. The number of hydrogen-bond donors (Lipinski definition) is 1. The van der Waals surface area contributed by atoms with E-state index in [1.807, 2.05) is 0 Å². The Morgan fingerprint density at radius 3 is 1.89 bits per heavy atom. The van der Waals surface area contributed by atoms with Gasteiger partial charge in [-0.3, -0.25) is 0 Å². The van der Waals surface area contributed by atoms with E-state index in [4.69, 9.17) is 5.21 Å². The van der Waals surface area contributed by atoms with Crippen molar-refractivity contribution in [1.82, 2.24) is 5.06 Å². The Kier molecular flexibility index (Phi) is 1.53. The van der Waals surface area contributed by atoms with E-state index < -0.39 is 0 Å². The van der Waals surface area contributed by atoms with Gasteiger partial charge in [0.1, 0.15) is 0 Å². The molecule has 0 aromatic carbocycles. The monoisotopic (exact) mass is 129 g/mol. The lowest BCUT2D eigenvalue weighted by Gasteiger charge is -2.42. The maximum absolute atomic E-state index is 8.82. The lowest BCUT2D eigenvalue weighted by atomic mass is 9.77. The van der Waals surface area contributed by atoms with Gasteiger partial charge >= 0.3 is 0 Å². The summed E-state index contributed by atoms with van der Waals surface area (Å²) in [4.78, 5) is 0. The highest BCUT2D eigenvalue weighted by atomic mass is 16.5. The molecule has 1 N–H and O–H groups in total. The van der Waals surface area contributed by atoms with E-state index in [0.29, 0.717) is 11.3 Å². The van der Waals surface area contributed by atoms with Crippen LogP contribution >= 0.6 is 0 Å². The molecule has 1 rings (SSSR count). The molecule has 0 aromatic rings. The fourth-order valence-corrected chi connectivity index (χ4v) is 1.00. The van der Waals surface area contributed by atoms with E-state index in [9.17, 15) is 0 Å². The molecule has 0 unspecified atom stereocenters. The van der Waals surface area contributed by atoms with Crippen LogP contribution in [-0.4, -0.2) is 23.4 Å². The van der Waals surface area contributed by atoms with Crippen LogP contribution in [0.1, 0.15) is 20.8 Å². The Labute approximate surface area is 56.4 Å². The van der Waals surface area contributed by atoms with E-state index >= 15 is 0 Å². The maximum Gasteiger partial charge on any atom is 0.0284 e. The minimum absolute atomic E-state index is 0.374. The lowest BCUT2D eigenvalue weighted by Crippen LogP contribution is -2.50. The highest BCUT2D eigenvalue weighted by Crippen LogP contribution is 2.32. The predicted octanol–water partition coefficient (Wildman–Crippen LogP) is 1.35. The summed E-state index contributed by atoms with van der Waals surface area (Å²) in [7, 11) is 0. The van der Waals surface area contributed by atoms with Gasteiger partial charge in [-0.05, 0) is 11.3 Å². The average Bonchev–Trinajstić information content (AvgIpc) is 1.55. The van der Waals surface area contributed by atoms with Crippen molar-refractivity contribution in [2.45, 2.75) is 20.8 Å². The molecule has 1 aliphatic rings. The predicted molar refractivity (Wildman–Crippen MR) is 36.3 cm³/mol. The summed E-state index contributed by atoms with van der Waals surface area (Å²) < 4.78 is 0. The Bertz CT molecular complexity index is 100.0. The molecular formula is C7H15NO. The van der Waals surface area contributed by atoms with Gasteiger partial charge in [0, 0.05) is 13.1 Å². The van der Waals surface area contributed by atoms with E-state index in [1.165, 1.54) is 5.06 Å². The second kappa shape index (κ2) is 1.96. The molecule has 0 amide bonds. The molecule has 1 heterocycles. The molecule has 0 bridgehead atoms. The van der Waals surface area contributed by atoms with Crippen molar-refractivity contribution in [1.29, 1.82) is 0 Å². The second-order valence-corrected chi connectivity index (χ2v) is 3.93. The molecular weight excluding hydrogens is 114 g/mol. The van der Waals surface area contributed by atoms with E-state index in [1.54, 1.807) is 0 Å². The normalized spacial score (nSPS) is 24.0. The van der Waals surface area contributed by atoms with Crippen LogP contribution in [0.4, 0.5) is 0 Å². The summed E-state index contributed by atoms with van der Waals surface area (Å²) in [6, 6.07) is 0. The summed E-state index contributed by atoms with van der Waals surface area (Å²) in [5.74, 6) is 0.683. The number of hydrogen-bond acceptors (Lipinski definition) is 2. The summed E-state index contributed by atoms with van der Waals surface area (Å²) >= 11 is 0. The quantitative estimate of drug-likeness (QED) is 0.533. The van der Waals surface area contributed by atoms with Crippen LogP contribution in [0.25, 0.3) is 0 Å². The fraction of sp³-hybridized carbons (Fsp3) is 1.00. The molecule has 1 saturated heterocycles. The van der Waals surface area contributed by atoms with Crippen LogP contribution in [-0.2, 0) is 0 Å². The van der Waals surface area contributed by atoms with Gasteiger partial charge in [-0.25, -0.2) is 0 Å². The zero-order valence-corrected chi connectivity index (χ0v) is 6.39. The minimum atomic E-state index is 0.374. The molecule has 2 nitrogen and oxygen atoms in total. The van der Waals surface area contributed by atoms with Crippen molar-refractivity contribution >= 4 is 0 Å². The average molecular weight is 129 g/mol. The molecule has 1 fully saturated rings. The summed E-state index contributed by atoms with van der Waals surface area (Å²) in [6.45, 7) is 8.34. The third kappa shape index (κ3) is 1.43. The van der Waals surface area contributed by atoms with Crippen LogP contribution in [0.5, 0.6) is 0 Å². The van der Waals surface area contributed by atoms with Crippen LogP contribution in [0.2, 0.25) is 0 Å². The Balaban J connectivity index is 2.32. The van der Waals surface area contributed by atoms with Crippen LogP contribution in [0.3, 0.4) is 0 Å². The van der Waals surface area contributed by atoms with E-state index in [-0.39, 0.29) is 0 Å². The lowest BCUT2D eigenvalue weighted by molar-refractivity contribution is -0.188. The highest BCUT2D eigenvalue weighted by Gasteiger charge is 2.34. The maximum atomic E-state index is 8.82. The summed E-state index contributed by atoms with van der Waals surface area (Å²) in [6.07, 6.45) is 0.